The van der Waals surface area contributed by atoms with E-state index in [-0.39, 0.29) is 29.8 Å². The quantitative estimate of drug-likeness (QED) is 0.299. The highest BCUT2D eigenvalue weighted by atomic mass is 19.4. The molecule has 0 unspecified atom stereocenters. The average molecular weight is 699 g/mol. The highest BCUT2D eigenvalue weighted by Crippen LogP contribution is 2.46. The number of ether oxygens (including phenoxy) is 3. The molecular weight excluding hydrogens is 653 g/mol. The predicted molar refractivity (Wildman–Crippen MR) is 182 cm³/mol. The number of alkyl halides is 3. The van der Waals surface area contributed by atoms with Gasteiger partial charge in [-0.2, -0.15) is 28.1 Å². The van der Waals surface area contributed by atoms with Gasteiger partial charge in [0, 0.05) is 49.9 Å². The number of halogens is 3. The highest BCUT2D eigenvalue weighted by molar-refractivity contribution is 5.97. The van der Waals surface area contributed by atoms with Crippen LogP contribution < -0.4 is 30.2 Å². The van der Waals surface area contributed by atoms with E-state index in [4.69, 9.17) is 14.2 Å². The Morgan fingerprint density at radius 1 is 0.940 bits per heavy atom. The van der Waals surface area contributed by atoms with Gasteiger partial charge in [0.2, 0.25) is 11.9 Å². The summed E-state index contributed by atoms with van der Waals surface area (Å²) in [5, 5.41) is 9.22. The van der Waals surface area contributed by atoms with Gasteiger partial charge in [-0.1, -0.05) is 12.1 Å². The van der Waals surface area contributed by atoms with Gasteiger partial charge < -0.3 is 40.0 Å². The average Bonchev–Trinajstić information content (AvgIpc) is 3.66. The number of benzene rings is 2. The third kappa shape index (κ3) is 10.6. The molecule has 1 saturated heterocycles. The summed E-state index contributed by atoms with van der Waals surface area (Å²) >= 11 is 0. The SMILES string of the molecule is CN1CCCOc2ccc(cc2)CNc2nc(nc(OCC(F)(F)F)n2)Nc2ccc(C(=O)NCC3(CN4CCCC4)CC3)c(c2)OCCC1. The molecule has 270 valence electrons. The monoisotopic (exact) mass is 698 g/mol. The third-order valence-corrected chi connectivity index (χ3v) is 9.07. The first kappa shape index (κ1) is 35.5. The molecule has 4 aliphatic rings. The molecular formula is C35H45F3N8O4. The minimum absolute atomic E-state index is 0.0154. The normalized spacial score (nSPS) is 18.7. The summed E-state index contributed by atoms with van der Waals surface area (Å²) in [6.45, 7) is 5.13. The van der Waals surface area contributed by atoms with Crippen LogP contribution in [0.4, 0.5) is 30.8 Å². The maximum atomic E-state index is 13.6. The number of amides is 1. The second-order valence-electron chi connectivity index (χ2n) is 13.4. The molecule has 50 heavy (non-hydrogen) atoms. The minimum Gasteiger partial charge on any atom is -0.494 e. The topological polar surface area (TPSA) is 126 Å². The van der Waals surface area contributed by atoms with E-state index in [9.17, 15) is 18.0 Å². The Morgan fingerprint density at radius 3 is 2.38 bits per heavy atom. The lowest BCUT2D eigenvalue weighted by Gasteiger charge is -2.23. The molecule has 3 N–H and O–H groups in total. The second-order valence-corrected chi connectivity index (χ2v) is 13.4. The van der Waals surface area contributed by atoms with Crippen LogP contribution in [-0.2, 0) is 6.54 Å². The molecule has 2 aromatic carbocycles. The highest BCUT2D eigenvalue weighted by Gasteiger charge is 2.44. The molecule has 0 spiro atoms. The summed E-state index contributed by atoms with van der Waals surface area (Å²) in [6, 6.07) is 12.0. The summed E-state index contributed by atoms with van der Waals surface area (Å²) in [5.41, 5.74) is 1.87. The van der Waals surface area contributed by atoms with E-state index in [2.05, 4.69) is 47.7 Å². The Balaban J connectivity index is 1.22. The van der Waals surface area contributed by atoms with Crippen LogP contribution >= 0.6 is 0 Å². The Morgan fingerprint density at radius 2 is 1.66 bits per heavy atom. The van der Waals surface area contributed by atoms with Gasteiger partial charge in [-0.15, -0.1) is 0 Å². The smallest absolute Gasteiger partial charge is 0.422 e. The molecule has 1 saturated carbocycles. The lowest BCUT2D eigenvalue weighted by molar-refractivity contribution is -0.154. The molecule has 7 rings (SSSR count). The fraction of sp³-hybridized carbons (Fsp3) is 0.543. The fourth-order valence-electron chi connectivity index (χ4n) is 6.12. The molecule has 1 amide bonds. The van der Waals surface area contributed by atoms with E-state index >= 15 is 0 Å². The summed E-state index contributed by atoms with van der Waals surface area (Å²) in [6.07, 6.45) is 1.64. The lowest BCUT2D eigenvalue weighted by Crippen LogP contribution is -2.37. The molecule has 4 heterocycles. The number of nitrogens with zero attached hydrogens (tertiary/aromatic N) is 5. The van der Waals surface area contributed by atoms with Crippen molar-refractivity contribution in [3.8, 4) is 17.5 Å². The van der Waals surface area contributed by atoms with Crippen molar-refractivity contribution in [2.24, 2.45) is 5.41 Å². The number of aromatic nitrogens is 3. The Bertz CT molecular complexity index is 1580. The van der Waals surface area contributed by atoms with Crippen molar-refractivity contribution in [2.75, 3.05) is 76.8 Å². The number of likely N-dealkylation sites (tertiary alicyclic amines) is 1. The van der Waals surface area contributed by atoms with E-state index in [0.29, 0.717) is 36.8 Å². The molecule has 12 nitrogen and oxygen atoms in total. The van der Waals surface area contributed by atoms with Crippen LogP contribution in [0.25, 0.3) is 0 Å². The number of rotatable bonds is 7. The number of anilines is 3. The molecule has 0 atom stereocenters. The fourth-order valence-corrected chi connectivity index (χ4v) is 6.12. The van der Waals surface area contributed by atoms with Gasteiger partial charge in [0.1, 0.15) is 11.5 Å². The van der Waals surface area contributed by atoms with Gasteiger partial charge in [0.25, 0.3) is 5.91 Å². The van der Waals surface area contributed by atoms with Crippen molar-refractivity contribution < 1.29 is 32.2 Å². The Labute approximate surface area is 290 Å². The lowest BCUT2D eigenvalue weighted by atomic mass is 10.1. The molecule has 1 aliphatic carbocycles. The number of hydrogen-bond acceptors (Lipinski definition) is 11. The summed E-state index contributed by atoms with van der Waals surface area (Å²) in [7, 11) is 2.05. The zero-order chi connectivity index (χ0) is 35.0. The zero-order valence-electron chi connectivity index (χ0n) is 28.4. The Kier molecular flexibility index (Phi) is 11.4. The number of carbonyl (C=O) groups is 1. The number of hydrogen-bond donors (Lipinski definition) is 3. The van der Waals surface area contributed by atoms with Gasteiger partial charge in [-0.05, 0) is 88.5 Å². The second kappa shape index (κ2) is 16.1. The van der Waals surface area contributed by atoms with Crippen LogP contribution in [0.2, 0.25) is 0 Å². The standard InChI is InChI=1S/C35H45F3N8O4/c1-45-14-4-18-48-27-9-6-25(7-10-27)21-39-31-42-32(44-33(43-31)50-24-35(36,37)38)41-26-8-11-28(29(20-26)49-19-5-15-45)30(47)40-22-34(12-13-34)23-46-16-2-3-17-46/h6-11,20H,2-5,12-19,21-24H2,1H3,(H,40,47)(H2,39,41,42,43,44). The van der Waals surface area contributed by atoms with Crippen LogP contribution in [0, 0.1) is 5.41 Å². The molecule has 15 heteroatoms. The molecule has 3 aromatic rings. The van der Waals surface area contributed by atoms with Gasteiger partial charge in [-0.3, -0.25) is 4.79 Å². The van der Waals surface area contributed by atoms with Gasteiger partial charge in [0.15, 0.2) is 6.61 Å². The van der Waals surface area contributed by atoms with Crippen LogP contribution in [0.1, 0.15) is 54.4 Å². The number of fused-ring (bicyclic) bond motifs is 11. The maximum Gasteiger partial charge on any atom is 0.422 e. The van der Waals surface area contributed by atoms with E-state index in [1.54, 1.807) is 18.2 Å². The summed E-state index contributed by atoms with van der Waals surface area (Å²) in [5.74, 6) is 0.856. The maximum absolute atomic E-state index is 13.6. The van der Waals surface area contributed by atoms with E-state index < -0.39 is 18.8 Å². The first-order valence-electron chi connectivity index (χ1n) is 17.3. The van der Waals surface area contributed by atoms with Crippen molar-refractivity contribution in [2.45, 2.75) is 51.2 Å². The van der Waals surface area contributed by atoms with E-state index in [1.165, 1.54) is 12.8 Å². The Hall–Kier alpha value is -4.37. The molecule has 0 radical (unpaired) electrons. The van der Waals surface area contributed by atoms with Crippen LogP contribution in [-0.4, -0.2) is 103 Å². The van der Waals surface area contributed by atoms with Gasteiger partial charge in [0.05, 0.1) is 18.8 Å². The molecule has 3 aliphatic heterocycles. The third-order valence-electron chi connectivity index (χ3n) is 9.07. The largest absolute Gasteiger partial charge is 0.494 e. The number of carbonyl (C=O) groups excluding carboxylic acids is 1. The molecule has 1 aromatic heterocycles. The van der Waals surface area contributed by atoms with Gasteiger partial charge >= 0.3 is 12.2 Å². The number of nitrogens with one attached hydrogen (secondary N) is 3. The van der Waals surface area contributed by atoms with E-state index in [1.807, 2.05) is 24.3 Å². The van der Waals surface area contributed by atoms with Gasteiger partial charge in [-0.25, -0.2) is 0 Å². The van der Waals surface area contributed by atoms with E-state index in [0.717, 1.165) is 69.7 Å². The van der Waals surface area contributed by atoms with Crippen molar-refractivity contribution in [3.63, 3.8) is 0 Å². The molecule has 2 fully saturated rings. The first-order valence-corrected chi connectivity index (χ1v) is 17.3. The summed E-state index contributed by atoms with van der Waals surface area (Å²) in [4.78, 5) is 30.7. The van der Waals surface area contributed by atoms with Crippen molar-refractivity contribution in [3.05, 3.63) is 53.6 Å². The van der Waals surface area contributed by atoms with Crippen molar-refractivity contribution in [1.82, 2.24) is 30.1 Å². The predicted octanol–water partition coefficient (Wildman–Crippen LogP) is 5.26. The zero-order valence-corrected chi connectivity index (χ0v) is 28.4. The molecule has 6 bridgehead atoms. The van der Waals surface area contributed by atoms with Crippen LogP contribution in [0.5, 0.6) is 17.5 Å². The van der Waals surface area contributed by atoms with Crippen molar-refractivity contribution in [1.29, 1.82) is 0 Å². The summed E-state index contributed by atoms with van der Waals surface area (Å²) < 4.78 is 56.0. The minimum atomic E-state index is -4.58. The van der Waals surface area contributed by atoms with Crippen molar-refractivity contribution >= 4 is 23.5 Å². The first-order chi connectivity index (χ1) is 24.1. The van der Waals surface area contributed by atoms with Crippen LogP contribution in [0.15, 0.2) is 42.5 Å². The van der Waals surface area contributed by atoms with Crippen LogP contribution in [0.3, 0.4) is 0 Å².